The minimum atomic E-state index is -3.15. The first-order chi connectivity index (χ1) is 11.0. The molecule has 2 aromatic rings. The molecule has 0 radical (unpaired) electrons. The minimum Gasteiger partial charge on any atom is -0.272 e. The van der Waals surface area contributed by atoms with Gasteiger partial charge in [-0.25, -0.2) is 13.4 Å². The standard InChI is InChI=1S/C18H15NO3S/c20-18-15(11-14-3-1-2-4-16(14)19-18)9-12-5-6-13-7-8-23(21,22)17(13)10-12/h1-6,10-11,15H,7-9H2. The third kappa shape index (κ3) is 2.51. The van der Waals surface area contributed by atoms with E-state index >= 15 is 0 Å². The van der Waals surface area contributed by atoms with E-state index in [-0.39, 0.29) is 17.6 Å². The van der Waals surface area contributed by atoms with Crippen LogP contribution in [-0.4, -0.2) is 20.1 Å². The predicted octanol–water partition coefficient (Wildman–Crippen LogP) is 0.816. The van der Waals surface area contributed by atoms with E-state index in [0.29, 0.717) is 23.1 Å². The Hall–Kier alpha value is -2.27. The first kappa shape index (κ1) is 14.3. The molecule has 5 heteroatoms. The van der Waals surface area contributed by atoms with Gasteiger partial charge in [0.05, 0.1) is 21.9 Å². The number of benzene rings is 2. The highest BCUT2D eigenvalue weighted by Crippen LogP contribution is 2.28. The van der Waals surface area contributed by atoms with Crippen molar-refractivity contribution in [3.05, 3.63) is 64.2 Å². The van der Waals surface area contributed by atoms with Gasteiger partial charge in [-0.15, -0.1) is 0 Å². The second-order valence-electron chi connectivity index (χ2n) is 6.00. The van der Waals surface area contributed by atoms with Crippen LogP contribution in [0.25, 0.3) is 6.08 Å². The Kier molecular flexibility index (Phi) is 3.20. The van der Waals surface area contributed by atoms with Crippen molar-refractivity contribution in [3.63, 3.8) is 0 Å². The Bertz CT molecular complexity index is 1040. The van der Waals surface area contributed by atoms with Gasteiger partial charge < -0.3 is 0 Å². The van der Waals surface area contributed by atoms with Crippen molar-refractivity contribution >= 4 is 21.8 Å². The summed E-state index contributed by atoms with van der Waals surface area (Å²) in [5.41, 5.74) is 1.74. The van der Waals surface area contributed by atoms with Gasteiger partial charge in [0.2, 0.25) is 0 Å². The quantitative estimate of drug-likeness (QED) is 0.821. The van der Waals surface area contributed by atoms with E-state index in [9.17, 15) is 13.2 Å². The predicted molar refractivity (Wildman–Crippen MR) is 86.1 cm³/mol. The molecular formula is C18H15NO3S. The number of hydrogen-bond donors (Lipinski definition) is 0. The van der Waals surface area contributed by atoms with E-state index in [1.54, 1.807) is 6.07 Å². The maximum atomic E-state index is 12.2. The van der Waals surface area contributed by atoms with E-state index in [1.807, 2.05) is 42.5 Å². The summed E-state index contributed by atoms with van der Waals surface area (Å²) in [5.74, 6) is -0.331. The van der Waals surface area contributed by atoms with Crippen LogP contribution < -0.4 is 10.6 Å². The SMILES string of the molecule is O=C1N=c2ccccc2=CC1Cc1ccc2c(c1)S(=O)(=O)CC2. The molecule has 0 N–H and O–H groups in total. The molecule has 2 heterocycles. The Morgan fingerprint density at radius 3 is 2.83 bits per heavy atom. The zero-order valence-corrected chi connectivity index (χ0v) is 13.2. The maximum absolute atomic E-state index is 12.2. The summed E-state index contributed by atoms with van der Waals surface area (Å²) in [6, 6.07) is 13.0. The van der Waals surface area contributed by atoms with Crippen LogP contribution in [0.3, 0.4) is 0 Å². The third-order valence-corrected chi connectivity index (χ3v) is 6.22. The van der Waals surface area contributed by atoms with Gasteiger partial charge in [-0.2, -0.15) is 0 Å². The summed E-state index contributed by atoms with van der Waals surface area (Å²) in [6.45, 7) is 0. The van der Waals surface area contributed by atoms with Crippen molar-refractivity contribution in [3.8, 4) is 0 Å². The summed E-state index contributed by atoms with van der Waals surface area (Å²) in [5, 5.41) is 1.65. The fourth-order valence-corrected chi connectivity index (χ4v) is 4.81. The molecule has 23 heavy (non-hydrogen) atoms. The number of carbonyl (C=O) groups is 1. The summed E-state index contributed by atoms with van der Waals surface area (Å²) < 4.78 is 24.1. The topological polar surface area (TPSA) is 63.6 Å². The maximum Gasteiger partial charge on any atom is 0.253 e. The molecule has 2 aliphatic rings. The van der Waals surface area contributed by atoms with Gasteiger partial charge in [-0.1, -0.05) is 36.4 Å². The zero-order valence-electron chi connectivity index (χ0n) is 12.4. The normalized spacial score (nSPS) is 21.0. The van der Waals surface area contributed by atoms with Crippen molar-refractivity contribution in [1.82, 2.24) is 0 Å². The molecule has 0 saturated carbocycles. The van der Waals surface area contributed by atoms with Crippen molar-refractivity contribution in [2.45, 2.75) is 17.7 Å². The molecule has 4 nitrogen and oxygen atoms in total. The molecule has 0 saturated heterocycles. The Morgan fingerprint density at radius 1 is 1.13 bits per heavy atom. The molecule has 2 aromatic carbocycles. The molecule has 0 spiro atoms. The highest BCUT2D eigenvalue weighted by atomic mass is 32.2. The molecule has 2 aliphatic heterocycles. The molecule has 116 valence electrons. The lowest BCUT2D eigenvalue weighted by molar-refractivity contribution is -0.120. The van der Waals surface area contributed by atoms with Crippen LogP contribution in [0.15, 0.2) is 52.4 Å². The highest BCUT2D eigenvalue weighted by molar-refractivity contribution is 7.91. The fourth-order valence-electron chi connectivity index (χ4n) is 3.20. The monoisotopic (exact) mass is 325 g/mol. The average molecular weight is 325 g/mol. The Labute approximate surface area is 134 Å². The average Bonchev–Trinajstić information content (AvgIpc) is 2.83. The number of nitrogens with zero attached hydrogens (tertiary/aromatic N) is 1. The van der Waals surface area contributed by atoms with Gasteiger partial charge in [0.1, 0.15) is 0 Å². The number of para-hydroxylation sites is 1. The van der Waals surface area contributed by atoms with Gasteiger partial charge >= 0.3 is 0 Å². The molecule has 0 aromatic heterocycles. The smallest absolute Gasteiger partial charge is 0.253 e. The summed E-state index contributed by atoms with van der Waals surface area (Å²) in [6.07, 6.45) is 2.97. The number of rotatable bonds is 2. The Balaban J connectivity index is 1.70. The first-order valence-electron chi connectivity index (χ1n) is 7.57. The van der Waals surface area contributed by atoms with Crippen LogP contribution in [-0.2, 0) is 27.5 Å². The van der Waals surface area contributed by atoms with Crippen LogP contribution in [0.2, 0.25) is 0 Å². The minimum absolute atomic E-state index is 0.174. The summed E-state index contributed by atoms with van der Waals surface area (Å²) in [7, 11) is -3.15. The largest absolute Gasteiger partial charge is 0.272 e. The second-order valence-corrected chi connectivity index (χ2v) is 8.07. The van der Waals surface area contributed by atoms with E-state index < -0.39 is 9.84 Å². The van der Waals surface area contributed by atoms with Gasteiger partial charge in [0, 0.05) is 0 Å². The number of fused-ring (bicyclic) bond motifs is 2. The molecule has 1 amide bonds. The molecule has 0 aliphatic carbocycles. The lowest BCUT2D eigenvalue weighted by Crippen LogP contribution is -2.34. The number of aryl methyl sites for hydroxylation is 1. The second kappa shape index (κ2) is 5.13. The van der Waals surface area contributed by atoms with E-state index in [1.165, 1.54) is 0 Å². The summed E-state index contributed by atoms with van der Waals surface area (Å²) in [4.78, 5) is 16.8. The van der Waals surface area contributed by atoms with Crippen molar-refractivity contribution in [2.75, 3.05) is 5.75 Å². The number of hydrogen-bond acceptors (Lipinski definition) is 3. The Morgan fingerprint density at radius 2 is 1.96 bits per heavy atom. The summed E-state index contributed by atoms with van der Waals surface area (Å²) >= 11 is 0. The van der Waals surface area contributed by atoms with Crippen LogP contribution in [0.5, 0.6) is 0 Å². The fraction of sp³-hybridized carbons (Fsp3) is 0.222. The highest BCUT2D eigenvalue weighted by Gasteiger charge is 2.27. The van der Waals surface area contributed by atoms with Crippen molar-refractivity contribution < 1.29 is 13.2 Å². The van der Waals surface area contributed by atoms with Crippen molar-refractivity contribution in [2.24, 2.45) is 10.9 Å². The van der Waals surface area contributed by atoms with Crippen LogP contribution >= 0.6 is 0 Å². The van der Waals surface area contributed by atoms with Gasteiger partial charge in [0.15, 0.2) is 9.84 Å². The molecular weight excluding hydrogens is 310 g/mol. The lowest BCUT2D eigenvalue weighted by Gasteiger charge is -2.13. The van der Waals surface area contributed by atoms with E-state index in [2.05, 4.69) is 4.99 Å². The molecule has 4 rings (SSSR count). The van der Waals surface area contributed by atoms with Crippen LogP contribution in [0.1, 0.15) is 11.1 Å². The number of sulfone groups is 1. The number of carbonyl (C=O) groups excluding carboxylic acids is 1. The van der Waals surface area contributed by atoms with E-state index in [4.69, 9.17) is 0 Å². The first-order valence-corrected chi connectivity index (χ1v) is 9.22. The van der Waals surface area contributed by atoms with Gasteiger partial charge in [-0.3, -0.25) is 4.79 Å². The van der Waals surface area contributed by atoms with Crippen LogP contribution in [0.4, 0.5) is 0 Å². The third-order valence-electron chi connectivity index (χ3n) is 4.43. The van der Waals surface area contributed by atoms with Crippen molar-refractivity contribution in [1.29, 1.82) is 0 Å². The molecule has 1 atom stereocenters. The zero-order chi connectivity index (χ0) is 16.0. The molecule has 1 unspecified atom stereocenters. The van der Waals surface area contributed by atoms with Gasteiger partial charge in [0.25, 0.3) is 5.91 Å². The lowest BCUT2D eigenvalue weighted by atomic mass is 9.95. The van der Waals surface area contributed by atoms with Crippen LogP contribution in [0, 0.1) is 5.92 Å². The number of amides is 1. The van der Waals surface area contributed by atoms with Gasteiger partial charge in [-0.05, 0) is 41.3 Å². The molecule has 0 fully saturated rings. The molecule has 0 bridgehead atoms. The van der Waals surface area contributed by atoms with E-state index in [0.717, 1.165) is 16.3 Å².